The van der Waals surface area contributed by atoms with Gasteiger partial charge in [-0.05, 0) is 37.3 Å². The van der Waals surface area contributed by atoms with Crippen LogP contribution < -0.4 is 21.3 Å². The van der Waals surface area contributed by atoms with Crippen molar-refractivity contribution in [2.24, 2.45) is 0 Å². The fraction of sp³-hybridized carbons (Fsp3) is 0.125. The quantitative estimate of drug-likeness (QED) is 0.539. The highest BCUT2D eigenvalue weighted by atomic mass is 16.5. The van der Waals surface area contributed by atoms with E-state index in [1.165, 1.54) is 6.07 Å². The van der Waals surface area contributed by atoms with Gasteiger partial charge in [-0.3, -0.25) is 14.2 Å². The van der Waals surface area contributed by atoms with Crippen LogP contribution in [0.1, 0.15) is 34.5 Å². The van der Waals surface area contributed by atoms with Crippen molar-refractivity contribution in [2.45, 2.75) is 19.5 Å². The summed E-state index contributed by atoms with van der Waals surface area (Å²) in [5, 5.41) is 3.43. The molecule has 7 nitrogen and oxygen atoms in total. The highest BCUT2D eigenvalue weighted by Gasteiger charge is 2.28. The third-order valence-corrected chi connectivity index (χ3v) is 5.52. The molecule has 2 heterocycles. The molecule has 0 aliphatic carbocycles. The van der Waals surface area contributed by atoms with Crippen LogP contribution in [-0.4, -0.2) is 15.5 Å². The van der Waals surface area contributed by atoms with Gasteiger partial charge in [0.25, 0.3) is 11.5 Å². The zero-order valence-corrected chi connectivity index (χ0v) is 16.7. The smallest absolute Gasteiger partial charge is 0.328 e. The average molecular weight is 413 g/mol. The van der Waals surface area contributed by atoms with Crippen LogP contribution in [0.2, 0.25) is 0 Å². The van der Waals surface area contributed by atoms with Crippen molar-refractivity contribution < 1.29 is 9.53 Å². The van der Waals surface area contributed by atoms with Gasteiger partial charge in [0.1, 0.15) is 11.5 Å². The molecule has 0 saturated heterocycles. The SMILES string of the molecule is CCn1c(=O)[nH]c2cc(C(=O)NC3c4ccccc4Oc4ccccc43)ccc2c1=O. The van der Waals surface area contributed by atoms with E-state index in [0.717, 1.165) is 15.7 Å². The number of carbonyl (C=O) groups excluding carboxylic acids is 1. The van der Waals surface area contributed by atoms with Gasteiger partial charge in [0, 0.05) is 23.2 Å². The maximum Gasteiger partial charge on any atom is 0.328 e. The van der Waals surface area contributed by atoms with E-state index < -0.39 is 11.7 Å². The predicted molar refractivity (Wildman–Crippen MR) is 117 cm³/mol. The first kappa shape index (κ1) is 18.9. The van der Waals surface area contributed by atoms with Crippen molar-refractivity contribution in [1.82, 2.24) is 14.9 Å². The summed E-state index contributed by atoms with van der Waals surface area (Å²) in [6.07, 6.45) is 0. The lowest BCUT2D eigenvalue weighted by atomic mass is 9.94. The molecule has 1 aliphatic heterocycles. The number of nitrogens with zero attached hydrogens (tertiary/aromatic N) is 1. The molecule has 3 aromatic carbocycles. The second kappa shape index (κ2) is 7.28. The molecule has 1 aromatic heterocycles. The zero-order valence-electron chi connectivity index (χ0n) is 16.7. The van der Waals surface area contributed by atoms with Gasteiger partial charge in [0.15, 0.2) is 0 Å². The summed E-state index contributed by atoms with van der Waals surface area (Å²) in [6.45, 7) is 2.00. The van der Waals surface area contributed by atoms with Crippen molar-refractivity contribution in [1.29, 1.82) is 0 Å². The Morgan fingerprint density at radius 2 is 1.65 bits per heavy atom. The summed E-state index contributed by atoms with van der Waals surface area (Å²) in [5.74, 6) is 1.06. The lowest BCUT2D eigenvalue weighted by Crippen LogP contribution is -2.34. The standard InChI is InChI=1S/C24H19N3O4/c1-2-27-23(29)15-12-11-14(13-18(15)25-24(27)30)22(28)26-21-16-7-3-5-9-19(16)31-20-10-6-4-8-17(20)21/h3-13,21H,2H2,1H3,(H,25,30)(H,26,28). The number of ether oxygens (including phenoxy) is 1. The van der Waals surface area contributed by atoms with Gasteiger partial charge in [-0.15, -0.1) is 0 Å². The number of para-hydroxylation sites is 2. The Bertz CT molecular complexity index is 1410. The molecular formula is C24H19N3O4. The highest BCUT2D eigenvalue weighted by Crippen LogP contribution is 2.42. The van der Waals surface area contributed by atoms with Gasteiger partial charge in [0.05, 0.1) is 16.9 Å². The molecule has 31 heavy (non-hydrogen) atoms. The Morgan fingerprint density at radius 3 is 2.29 bits per heavy atom. The molecule has 1 amide bonds. The third kappa shape index (κ3) is 3.11. The second-order valence-corrected chi connectivity index (χ2v) is 7.32. The molecule has 0 bridgehead atoms. The van der Waals surface area contributed by atoms with Gasteiger partial charge in [-0.25, -0.2) is 4.79 Å². The van der Waals surface area contributed by atoms with E-state index in [1.54, 1.807) is 19.1 Å². The van der Waals surface area contributed by atoms with E-state index in [9.17, 15) is 14.4 Å². The fourth-order valence-corrected chi connectivity index (χ4v) is 3.96. The Morgan fingerprint density at radius 1 is 1.00 bits per heavy atom. The molecule has 0 radical (unpaired) electrons. The van der Waals surface area contributed by atoms with Crippen molar-refractivity contribution >= 4 is 16.8 Å². The summed E-state index contributed by atoms with van der Waals surface area (Å²) < 4.78 is 7.10. The molecule has 4 aromatic rings. The normalized spacial score (nSPS) is 12.7. The minimum absolute atomic E-state index is 0.273. The van der Waals surface area contributed by atoms with Crippen LogP contribution in [0.25, 0.3) is 10.9 Å². The molecule has 2 N–H and O–H groups in total. The average Bonchev–Trinajstić information content (AvgIpc) is 2.78. The zero-order chi connectivity index (χ0) is 21.5. The van der Waals surface area contributed by atoms with Gasteiger partial charge >= 0.3 is 5.69 Å². The number of hydrogen-bond acceptors (Lipinski definition) is 4. The van der Waals surface area contributed by atoms with Crippen molar-refractivity contribution in [3.63, 3.8) is 0 Å². The lowest BCUT2D eigenvalue weighted by Gasteiger charge is -2.28. The predicted octanol–water partition coefficient (Wildman–Crippen LogP) is 3.33. The largest absolute Gasteiger partial charge is 0.457 e. The van der Waals surface area contributed by atoms with Crippen LogP contribution in [0.15, 0.2) is 76.3 Å². The number of aromatic nitrogens is 2. The lowest BCUT2D eigenvalue weighted by molar-refractivity contribution is 0.0941. The Labute approximate surface area is 176 Å². The molecule has 0 unspecified atom stereocenters. The van der Waals surface area contributed by atoms with Crippen molar-refractivity contribution in [3.8, 4) is 11.5 Å². The van der Waals surface area contributed by atoms with E-state index in [0.29, 0.717) is 28.0 Å². The van der Waals surface area contributed by atoms with Crippen LogP contribution in [0, 0.1) is 0 Å². The van der Waals surface area contributed by atoms with Crippen LogP contribution >= 0.6 is 0 Å². The highest BCUT2D eigenvalue weighted by molar-refractivity contribution is 5.98. The number of aromatic amines is 1. The second-order valence-electron chi connectivity index (χ2n) is 7.32. The summed E-state index contributed by atoms with van der Waals surface area (Å²) in [6, 6.07) is 19.4. The monoisotopic (exact) mass is 413 g/mol. The summed E-state index contributed by atoms with van der Waals surface area (Å²) in [5.41, 5.74) is 1.52. The molecule has 154 valence electrons. The summed E-state index contributed by atoms with van der Waals surface area (Å²) in [4.78, 5) is 40.5. The summed E-state index contributed by atoms with van der Waals surface area (Å²) in [7, 11) is 0. The van der Waals surface area contributed by atoms with E-state index in [-0.39, 0.29) is 18.0 Å². The first-order chi connectivity index (χ1) is 15.1. The van der Waals surface area contributed by atoms with E-state index in [1.807, 2.05) is 48.5 Å². The summed E-state index contributed by atoms with van der Waals surface area (Å²) >= 11 is 0. The van der Waals surface area contributed by atoms with Crippen molar-refractivity contribution in [2.75, 3.05) is 0 Å². The number of H-pyrrole nitrogens is 1. The Kier molecular flexibility index (Phi) is 4.43. The fourth-order valence-electron chi connectivity index (χ4n) is 3.96. The topological polar surface area (TPSA) is 93.2 Å². The van der Waals surface area contributed by atoms with Crippen LogP contribution in [0.4, 0.5) is 0 Å². The van der Waals surface area contributed by atoms with Crippen LogP contribution in [0.5, 0.6) is 11.5 Å². The van der Waals surface area contributed by atoms with Gasteiger partial charge < -0.3 is 15.0 Å². The number of amides is 1. The maximum absolute atomic E-state index is 13.1. The van der Waals surface area contributed by atoms with E-state index >= 15 is 0 Å². The number of carbonyl (C=O) groups is 1. The molecule has 0 saturated carbocycles. The van der Waals surface area contributed by atoms with Gasteiger partial charge in [0.2, 0.25) is 0 Å². The first-order valence-corrected chi connectivity index (χ1v) is 10.00. The van der Waals surface area contributed by atoms with Crippen LogP contribution in [0.3, 0.4) is 0 Å². The number of fused-ring (bicyclic) bond motifs is 3. The number of hydrogen-bond donors (Lipinski definition) is 2. The Balaban J connectivity index is 1.55. The van der Waals surface area contributed by atoms with Crippen LogP contribution in [-0.2, 0) is 6.54 Å². The number of benzene rings is 3. The molecule has 0 fully saturated rings. The van der Waals surface area contributed by atoms with E-state index in [2.05, 4.69) is 10.3 Å². The third-order valence-electron chi connectivity index (χ3n) is 5.52. The molecular weight excluding hydrogens is 394 g/mol. The minimum atomic E-state index is -0.496. The molecule has 1 aliphatic rings. The molecule has 0 spiro atoms. The number of nitrogens with one attached hydrogen (secondary N) is 2. The molecule has 0 atom stereocenters. The molecule has 7 heteroatoms. The van der Waals surface area contributed by atoms with E-state index in [4.69, 9.17) is 4.74 Å². The Hall–Kier alpha value is -4.13. The van der Waals surface area contributed by atoms with Crippen molar-refractivity contribution in [3.05, 3.63) is 104 Å². The molecule has 5 rings (SSSR count). The number of rotatable bonds is 3. The van der Waals surface area contributed by atoms with Gasteiger partial charge in [-0.2, -0.15) is 0 Å². The first-order valence-electron chi connectivity index (χ1n) is 10.00. The maximum atomic E-state index is 13.1. The minimum Gasteiger partial charge on any atom is -0.457 e. The van der Waals surface area contributed by atoms with Gasteiger partial charge in [-0.1, -0.05) is 36.4 Å².